The van der Waals surface area contributed by atoms with Gasteiger partial charge in [0.25, 0.3) is 0 Å². The summed E-state index contributed by atoms with van der Waals surface area (Å²) in [5.41, 5.74) is 4.99. The highest BCUT2D eigenvalue weighted by Crippen LogP contribution is 2.25. The number of aliphatic hydroxyl groups excluding tert-OH is 2. The molecule has 0 bridgehead atoms. The van der Waals surface area contributed by atoms with Crippen molar-refractivity contribution in [2.45, 2.75) is 12.2 Å². The molecule has 0 heterocycles. The molecule has 0 amide bonds. The monoisotopic (exact) mass is 237 g/mol. The van der Waals surface area contributed by atoms with Gasteiger partial charge in [0.15, 0.2) is 0 Å². The van der Waals surface area contributed by atoms with Crippen molar-refractivity contribution in [1.82, 2.24) is 0 Å². The molecule has 6 heteroatoms. The van der Waals surface area contributed by atoms with Crippen LogP contribution in [0.3, 0.4) is 0 Å². The van der Waals surface area contributed by atoms with Crippen molar-refractivity contribution < 1.29 is 19.0 Å². The van der Waals surface area contributed by atoms with Crippen LogP contribution < -0.4 is 5.73 Å². The first-order chi connectivity index (χ1) is 6.97. The van der Waals surface area contributed by atoms with Crippen molar-refractivity contribution in [3.8, 4) is 0 Å². The first-order valence-corrected chi connectivity index (χ1v) is 4.55. The molecule has 4 N–H and O–H groups in total. The average Bonchev–Trinajstić information content (AvgIpc) is 2.23. The Morgan fingerprint density at radius 3 is 2.13 bits per heavy atom. The minimum absolute atomic E-state index is 0.104. The van der Waals surface area contributed by atoms with Crippen molar-refractivity contribution in [2.75, 3.05) is 6.54 Å². The lowest BCUT2D eigenvalue weighted by Gasteiger charge is -2.16. The lowest BCUT2D eigenvalue weighted by atomic mass is 10.0. The summed E-state index contributed by atoms with van der Waals surface area (Å²) in [4.78, 5) is 0. The molecule has 0 radical (unpaired) electrons. The maximum Gasteiger partial charge on any atom is 0.145 e. The van der Waals surface area contributed by atoms with Crippen LogP contribution in [-0.2, 0) is 0 Å². The highest BCUT2D eigenvalue weighted by atomic mass is 35.5. The molecule has 0 aliphatic rings. The van der Waals surface area contributed by atoms with Crippen LogP contribution in [0, 0.1) is 11.6 Å². The van der Waals surface area contributed by atoms with Gasteiger partial charge < -0.3 is 15.9 Å². The average molecular weight is 238 g/mol. The molecule has 1 aromatic carbocycles. The summed E-state index contributed by atoms with van der Waals surface area (Å²) < 4.78 is 25.9. The normalized spacial score (nSPS) is 15.1. The summed E-state index contributed by atoms with van der Waals surface area (Å²) in [7, 11) is 0. The molecular formula is C9H10ClF2NO2. The molecular weight excluding hydrogens is 228 g/mol. The van der Waals surface area contributed by atoms with Crippen molar-refractivity contribution in [1.29, 1.82) is 0 Å². The molecule has 0 aliphatic carbocycles. The predicted molar refractivity (Wildman–Crippen MR) is 51.4 cm³/mol. The summed E-state index contributed by atoms with van der Waals surface area (Å²) in [6.45, 7) is -0.215. The van der Waals surface area contributed by atoms with E-state index >= 15 is 0 Å². The fourth-order valence-electron chi connectivity index (χ4n) is 1.10. The third-order valence-electron chi connectivity index (χ3n) is 1.95. The predicted octanol–water partition coefficient (Wildman–Crippen LogP) is 0.971. The van der Waals surface area contributed by atoms with E-state index in [4.69, 9.17) is 17.3 Å². The number of nitrogens with two attached hydrogens (primary N) is 1. The van der Waals surface area contributed by atoms with Gasteiger partial charge in [-0.15, -0.1) is 0 Å². The number of rotatable bonds is 3. The second-order valence-electron chi connectivity index (χ2n) is 3.05. The minimum Gasteiger partial charge on any atom is -0.389 e. The van der Waals surface area contributed by atoms with Gasteiger partial charge in [0.05, 0.1) is 6.10 Å². The number of hydrogen-bond donors (Lipinski definition) is 3. The van der Waals surface area contributed by atoms with E-state index in [0.717, 1.165) is 12.1 Å². The van der Waals surface area contributed by atoms with Gasteiger partial charge in [0, 0.05) is 6.54 Å². The van der Waals surface area contributed by atoms with Gasteiger partial charge in [-0.05, 0) is 17.7 Å². The fourth-order valence-corrected chi connectivity index (χ4v) is 1.21. The Balaban J connectivity index is 3.06. The van der Waals surface area contributed by atoms with Gasteiger partial charge in [-0.25, -0.2) is 8.78 Å². The number of aliphatic hydroxyl groups is 2. The van der Waals surface area contributed by atoms with Crippen molar-refractivity contribution in [3.05, 3.63) is 34.4 Å². The molecule has 84 valence electrons. The molecule has 0 fully saturated rings. The van der Waals surface area contributed by atoms with Gasteiger partial charge in [0.1, 0.15) is 22.8 Å². The Morgan fingerprint density at radius 2 is 1.73 bits per heavy atom. The third-order valence-corrected chi connectivity index (χ3v) is 2.31. The lowest BCUT2D eigenvalue weighted by Crippen LogP contribution is -2.27. The van der Waals surface area contributed by atoms with Gasteiger partial charge in [-0.3, -0.25) is 0 Å². The van der Waals surface area contributed by atoms with E-state index in [0.29, 0.717) is 0 Å². The zero-order chi connectivity index (χ0) is 11.6. The van der Waals surface area contributed by atoms with Crippen LogP contribution in [0.2, 0.25) is 5.02 Å². The number of halogens is 3. The molecule has 2 unspecified atom stereocenters. The lowest BCUT2D eigenvalue weighted by molar-refractivity contribution is 0.0240. The van der Waals surface area contributed by atoms with Crippen LogP contribution in [0.15, 0.2) is 12.1 Å². The first kappa shape index (κ1) is 12.3. The smallest absolute Gasteiger partial charge is 0.145 e. The largest absolute Gasteiger partial charge is 0.389 e. The Hall–Kier alpha value is -0.750. The second-order valence-corrected chi connectivity index (χ2v) is 3.42. The van der Waals surface area contributed by atoms with Gasteiger partial charge >= 0.3 is 0 Å². The van der Waals surface area contributed by atoms with Crippen LogP contribution in [0.1, 0.15) is 11.7 Å². The summed E-state index contributed by atoms with van der Waals surface area (Å²) in [5.74, 6) is -1.98. The minimum atomic E-state index is -1.43. The summed E-state index contributed by atoms with van der Waals surface area (Å²) in [6, 6.07) is 1.71. The van der Waals surface area contributed by atoms with E-state index < -0.39 is 28.9 Å². The van der Waals surface area contributed by atoms with E-state index in [-0.39, 0.29) is 12.1 Å². The van der Waals surface area contributed by atoms with E-state index in [1.807, 2.05) is 0 Å². The second kappa shape index (κ2) is 4.85. The standard InChI is InChI=1S/C9H10ClF2NO2/c10-8-5(11)1-4(2-6(8)12)9(15)7(14)3-13/h1-2,7,9,14-15H,3,13H2. The summed E-state index contributed by atoms with van der Waals surface area (Å²) in [6.07, 6.45) is -2.71. The van der Waals surface area contributed by atoms with Crippen LogP contribution >= 0.6 is 11.6 Å². The highest BCUT2D eigenvalue weighted by molar-refractivity contribution is 6.30. The van der Waals surface area contributed by atoms with Crippen molar-refractivity contribution >= 4 is 11.6 Å². The number of hydrogen-bond acceptors (Lipinski definition) is 3. The van der Waals surface area contributed by atoms with Crippen LogP contribution in [0.25, 0.3) is 0 Å². The van der Waals surface area contributed by atoms with E-state index in [2.05, 4.69) is 0 Å². The zero-order valence-electron chi connectivity index (χ0n) is 7.62. The maximum atomic E-state index is 13.0. The van der Waals surface area contributed by atoms with Crippen LogP contribution in [-0.4, -0.2) is 22.9 Å². The molecule has 0 saturated carbocycles. The Labute approximate surface area is 90.1 Å². The van der Waals surface area contributed by atoms with E-state index in [1.54, 1.807) is 0 Å². The van der Waals surface area contributed by atoms with E-state index in [1.165, 1.54) is 0 Å². The molecule has 0 spiro atoms. The first-order valence-electron chi connectivity index (χ1n) is 4.18. The molecule has 1 rings (SSSR count). The summed E-state index contributed by atoms with van der Waals surface area (Å²) >= 11 is 5.25. The van der Waals surface area contributed by atoms with Crippen molar-refractivity contribution in [3.63, 3.8) is 0 Å². The zero-order valence-corrected chi connectivity index (χ0v) is 8.38. The third kappa shape index (κ3) is 2.63. The highest BCUT2D eigenvalue weighted by Gasteiger charge is 2.20. The SMILES string of the molecule is NCC(O)C(O)c1cc(F)c(Cl)c(F)c1. The number of benzene rings is 1. The molecule has 0 saturated heterocycles. The fraction of sp³-hybridized carbons (Fsp3) is 0.333. The van der Waals surface area contributed by atoms with Gasteiger partial charge in [0.2, 0.25) is 0 Å². The Bertz CT molecular complexity index is 339. The molecule has 0 aromatic heterocycles. The Morgan fingerprint density at radius 1 is 1.27 bits per heavy atom. The molecule has 3 nitrogen and oxygen atoms in total. The molecule has 0 aliphatic heterocycles. The topological polar surface area (TPSA) is 66.5 Å². The van der Waals surface area contributed by atoms with Crippen LogP contribution in [0.4, 0.5) is 8.78 Å². The van der Waals surface area contributed by atoms with Gasteiger partial charge in [-0.2, -0.15) is 0 Å². The van der Waals surface area contributed by atoms with Crippen molar-refractivity contribution in [2.24, 2.45) is 5.73 Å². The molecule has 2 atom stereocenters. The van der Waals surface area contributed by atoms with E-state index in [9.17, 15) is 19.0 Å². The van der Waals surface area contributed by atoms with Gasteiger partial charge in [-0.1, -0.05) is 11.6 Å². The quantitative estimate of drug-likeness (QED) is 0.687. The molecule has 15 heavy (non-hydrogen) atoms. The maximum absolute atomic E-state index is 13.0. The molecule has 1 aromatic rings. The summed E-state index contributed by atoms with van der Waals surface area (Å²) in [5, 5.41) is 18.0. The van der Waals surface area contributed by atoms with Crippen LogP contribution in [0.5, 0.6) is 0 Å². The Kier molecular flexibility index (Phi) is 3.98.